The molecule has 0 aromatic carbocycles. The number of rotatable bonds is 2. The Morgan fingerprint density at radius 3 is 2.67 bits per heavy atom. The third-order valence-corrected chi connectivity index (χ3v) is 3.15. The molecule has 6 nitrogen and oxygen atoms in total. The number of aromatic nitrogens is 4. The van der Waals surface area contributed by atoms with E-state index in [1.807, 2.05) is 4.90 Å². The van der Waals surface area contributed by atoms with Gasteiger partial charge in [-0.3, -0.25) is 5.10 Å². The van der Waals surface area contributed by atoms with Crippen LogP contribution in [-0.4, -0.2) is 33.3 Å². The number of hydrogen-bond acceptors (Lipinski definition) is 5. The number of nitrogens with two attached hydrogens (primary N) is 1. The second kappa shape index (κ2) is 4.90. The molecule has 1 aliphatic rings. The third-order valence-electron chi connectivity index (χ3n) is 3.15. The van der Waals surface area contributed by atoms with Crippen molar-refractivity contribution in [3.8, 4) is 11.4 Å². The van der Waals surface area contributed by atoms with E-state index in [0.29, 0.717) is 5.82 Å². The molecule has 0 spiro atoms. The Balaban J connectivity index is 1.96. The molecular weight excluding hydrogens is 285 g/mol. The van der Waals surface area contributed by atoms with E-state index in [-0.39, 0.29) is 17.3 Å². The molecule has 1 saturated heterocycles. The molecule has 1 fully saturated rings. The van der Waals surface area contributed by atoms with Crippen LogP contribution in [0.15, 0.2) is 12.1 Å². The lowest BCUT2D eigenvalue weighted by Crippen LogP contribution is -2.20. The smallest absolute Gasteiger partial charge is 0.368 e. The number of anilines is 2. The van der Waals surface area contributed by atoms with E-state index < -0.39 is 11.9 Å². The second-order valence-electron chi connectivity index (χ2n) is 4.66. The molecule has 0 bridgehead atoms. The molecule has 3 heterocycles. The van der Waals surface area contributed by atoms with Crippen LogP contribution in [0.2, 0.25) is 0 Å². The van der Waals surface area contributed by atoms with E-state index in [1.54, 1.807) is 6.07 Å². The summed E-state index contributed by atoms with van der Waals surface area (Å²) in [5.41, 5.74) is 5.08. The van der Waals surface area contributed by atoms with Crippen molar-refractivity contribution in [3.63, 3.8) is 0 Å². The lowest BCUT2D eigenvalue weighted by molar-refractivity contribution is -0.141. The lowest BCUT2D eigenvalue weighted by Gasteiger charge is -2.16. The first-order chi connectivity index (χ1) is 9.93. The van der Waals surface area contributed by atoms with Crippen LogP contribution in [0.25, 0.3) is 11.4 Å². The molecule has 9 heteroatoms. The minimum atomic E-state index is -4.50. The average Bonchev–Trinajstić information content (AvgIpc) is 3.09. The quantitative estimate of drug-likeness (QED) is 0.884. The summed E-state index contributed by atoms with van der Waals surface area (Å²) in [6.45, 7) is 1.53. The van der Waals surface area contributed by atoms with Crippen molar-refractivity contribution in [2.75, 3.05) is 23.7 Å². The van der Waals surface area contributed by atoms with Crippen molar-refractivity contribution >= 4 is 11.8 Å². The summed E-state index contributed by atoms with van der Waals surface area (Å²) in [6, 6.07) is 2.50. The molecule has 2 aromatic rings. The maximum absolute atomic E-state index is 12.6. The zero-order chi connectivity index (χ0) is 15.0. The Bertz CT molecular complexity index is 645. The summed E-state index contributed by atoms with van der Waals surface area (Å²) in [7, 11) is 0. The fourth-order valence-electron chi connectivity index (χ4n) is 2.14. The summed E-state index contributed by atoms with van der Waals surface area (Å²) in [5, 5.41) is 5.58. The average molecular weight is 297 g/mol. The monoisotopic (exact) mass is 297 g/mol. The first kappa shape index (κ1) is 13.7. The van der Waals surface area contributed by atoms with Crippen LogP contribution in [0.1, 0.15) is 12.1 Å². The molecule has 0 amide bonds. The van der Waals surface area contributed by atoms with Gasteiger partial charge in [0.15, 0.2) is 5.69 Å². The number of H-pyrrole nitrogens is 1. The first-order valence-electron chi connectivity index (χ1n) is 6.27. The van der Waals surface area contributed by atoms with Crippen LogP contribution >= 0.6 is 0 Å². The van der Waals surface area contributed by atoms with Gasteiger partial charge in [-0.15, -0.1) is 0 Å². The van der Waals surface area contributed by atoms with Gasteiger partial charge in [-0.1, -0.05) is 0 Å². The number of nitrogens with one attached hydrogen (secondary N) is 1. The van der Waals surface area contributed by atoms with Gasteiger partial charge in [-0.2, -0.15) is 23.3 Å². The highest BCUT2D eigenvalue weighted by molar-refractivity contribution is 5.61. The summed E-state index contributed by atoms with van der Waals surface area (Å²) >= 11 is 0. The predicted octanol–water partition coefficient (Wildman–Crippen LogP) is 1.88. The molecule has 111 valence electrons. The maximum atomic E-state index is 12.6. The van der Waals surface area contributed by atoms with Crippen LogP contribution in [0, 0.1) is 6.42 Å². The Morgan fingerprint density at radius 1 is 1.24 bits per heavy atom. The molecule has 1 aliphatic heterocycles. The van der Waals surface area contributed by atoms with Gasteiger partial charge >= 0.3 is 6.18 Å². The Morgan fingerprint density at radius 2 is 2.05 bits per heavy atom. The van der Waals surface area contributed by atoms with E-state index in [4.69, 9.17) is 5.73 Å². The highest BCUT2D eigenvalue weighted by Gasteiger charge is 2.34. The van der Waals surface area contributed by atoms with Crippen LogP contribution < -0.4 is 10.6 Å². The van der Waals surface area contributed by atoms with Gasteiger partial charge in [-0.05, 0) is 18.9 Å². The van der Waals surface area contributed by atoms with E-state index in [0.717, 1.165) is 25.6 Å². The summed E-state index contributed by atoms with van der Waals surface area (Å²) in [5.74, 6) is 0.604. The van der Waals surface area contributed by atoms with Gasteiger partial charge in [0, 0.05) is 19.2 Å². The fraction of sp³-hybridized carbons (Fsp3) is 0.333. The summed E-state index contributed by atoms with van der Waals surface area (Å²) in [6.07, 6.45) is -1.47. The standard InChI is InChI=1S/C12H12F3N6/c13-12(14,15)9-5-8(19-20-9)7-6-10(18-11(16)17-7)21-3-1-2-4-21/h1,5-6H,2-4H2,(H,19,20)(H2,16,17,18). The first-order valence-corrected chi connectivity index (χ1v) is 6.27. The zero-order valence-electron chi connectivity index (χ0n) is 10.9. The van der Waals surface area contributed by atoms with E-state index in [9.17, 15) is 13.2 Å². The molecular formula is C12H12F3N6. The molecule has 3 N–H and O–H groups in total. The van der Waals surface area contributed by atoms with Crippen molar-refractivity contribution in [2.24, 2.45) is 0 Å². The second-order valence-corrected chi connectivity index (χ2v) is 4.66. The van der Waals surface area contributed by atoms with Crippen molar-refractivity contribution in [1.82, 2.24) is 20.2 Å². The summed E-state index contributed by atoms with van der Waals surface area (Å²) in [4.78, 5) is 10.0. The van der Waals surface area contributed by atoms with Gasteiger partial charge in [-0.25, -0.2) is 4.98 Å². The molecule has 0 unspecified atom stereocenters. The topological polar surface area (TPSA) is 83.7 Å². The van der Waals surface area contributed by atoms with Crippen molar-refractivity contribution in [1.29, 1.82) is 0 Å². The third kappa shape index (κ3) is 2.76. The highest BCUT2D eigenvalue weighted by atomic mass is 19.4. The van der Waals surface area contributed by atoms with E-state index in [1.165, 1.54) is 0 Å². The molecule has 2 aromatic heterocycles. The maximum Gasteiger partial charge on any atom is 0.435 e. The van der Waals surface area contributed by atoms with Crippen LogP contribution in [-0.2, 0) is 6.18 Å². The van der Waals surface area contributed by atoms with E-state index in [2.05, 4.69) is 26.6 Å². The Labute approximate surface area is 118 Å². The molecule has 1 radical (unpaired) electrons. The number of hydrogen-bond donors (Lipinski definition) is 2. The highest BCUT2D eigenvalue weighted by Crippen LogP contribution is 2.31. The number of nitrogens with zero attached hydrogens (tertiary/aromatic N) is 4. The van der Waals surface area contributed by atoms with Gasteiger partial charge in [0.05, 0.1) is 11.4 Å². The molecule has 0 atom stereocenters. The molecule has 21 heavy (non-hydrogen) atoms. The van der Waals surface area contributed by atoms with Crippen molar-refractivity contribution in [3.05, 3.63) is 24.2 Å². The van der Waals surface area contributed by atoms with Gasteiger partial charge in [0.25, 0.3) is 0 Å². The largest absolute Gasteiger partial charge is 0.435 e. The lowest BCUT2D eigenvalue weighted by atomic mass is 10.2. The van der Waals surface area contributed by atoms with Gasteiger partial charge < -0.3 is 10.6 Å². The summed E-state index contributed by atoms with van der Waals surface area (Å²) < 4.78 is 37.7. The zero-order valence-corrected chi connectivity index (χ0v) is 10.9. The number of alkyl halides is 3. The van der Waals surface area contributed by atoms with Crippen LogP contribution in [0.5, 0.6) is 0 Å². The molecule has 3 rings (SSSR count). The normalized spacial score (nSPS) is 15.7. The van der Waals surface area contributed by atoms with Gasteiger partial charge in [0.2, 0.25) is 5.95 Å². The molecule has 0 aliphatic carbocycles. The fourth-order valence-corrected chi connectivity index (χ4v) is 2.14. The van der Waals surface area contributed by atoms with E-state index >= 15 is 0 Å². The number of halogens is 3. The van der Waals surface area contributed by atoms with Crippen LogP contribution in [0.4, 0.5) is 24.9 Å². The van der Waals surface area contributed by atoms with Crippen molar-refractivity contribution < 1.29 is 13.2 Å². The SMILES string of the molecule is Nc1nc(-c2cc(C(F)(F)F)n[nH]2)cc(N2C[CH]CC2)n1. The minimum absolute atomic E-state index is 0.0116. The van der Waals surface area contributed by atoms with Crippen LogP contribution in [0.3, 0.4) is 0 Å². The Kier molecular flexibility index (Phi) is 3.19. The predicted molar refractivity (Wildman–Crippen MR) is 70.2 cm³/mol. The van der Waals surface area contributed by atoms with Gasteiger partial charge in [0.1, 0.15) is 5.82 Å². The van der Waals surface area contributed by atoms with Crippen molar-refractivity contribution in [2.45, 2.75) is 12.6 Å². The Hall–Kier alpha value is -2.32. The molecule has 0 saturated carbocycles. The number of nitrogen functional groups attached to an aromatic ring is 1. The number of aromatic amines is 1. The minimum Gasteiger partial charge on any atom is -0.368 e.